The van der Waals surface area contributed by atoms with Crippen LogP contribution in [-0.4, -0.2) is 50.3 Å². The lowest BCUT2D eigenvalue weighted by Gasteiger charge is -2.19. The van der Waals surface area contributed by atoms with E-state index in [1.54, 1.807) is 0 Å². The summed E-state index contributed by atoms with van der Waals surface area (Å²) in [6.07, 6.45) is 1.20. The van der Waals surface area contributed by atoms with Gasteiger partial charge in [0.1, 0.15) is 0 Å². The van der Waals surface area contributed by atoms with Crippen molar-refractivity contribution in [1.82, 2.24) is 4.90 Å². The van der Waals surface area contributed by atoms with Crippen molar-refractivity contribution in [3.63, 3.8) is 0 Å². The van der Waals surface area contributed by atoms with Crippen LogP contribution in [0.2, 0.25) is 0 Å². The maximum absolute atomic E-state index is 11.0. The van der Waals surface area contributed by atoms with Crippen LogP contribution in [0.3, 0.4) is 0 Å². The lowest BCUT2D eigenvalue weighted by molar-refractivity contribution is -0.142. The van der Waals surface area contributed by atoms with Crippen LogP contribution in [0.25, 0.3) is 0 Å². The highest BCUT2D eigenvalue weighted by Crippen LogP contribution is 2.04. The Morgan fingerprint density at radius 2 is 2.46 bits per heavy atom. The zero-order chi connectivity index (χ0) is 9.68. The molecule has 0 amide bonds. The Balaban J connectivity index is 2.34. The van der Waals surface area contributed by atoms with Gasteiger partial charge in [0.05, 0.1) is 19.8 Å². The summed E-state index contributed by atoms with van der Waals surface area (Å²) in [5.41, 5.74) is 0. The van der Waals surface area contributed by atoms with E-state index >= 15 is 0 Å². The van der Waals surface area contributed by atoms with Crippen molar-refractivity contribution in [3.05, 3.63) is 0 Å². The third kappa shape index (κ3) is 3.74. The van der Waals surface area contributed by atoms with E-state index in [2.05, 4.69) is 9.64 Å². The van der Waals surface area contributed by atoms with Crippen LogP contribution in [-0.2, 0) is 14.3 Å². The number of rotatable bonds is 2. The molecule has 0 aromatic carbocycles. The van der Waals surface area contributed by atoms with Gasteiger partial charge in [0.15, 0.2) is 0 Å². The van der Waals surface area contributed by atoms with Crippen molar-refractivity contribution in [2.75, 3.05) is 33.4 Å². The molecule has 1 aliphatic heterocycles. The lowest BCUT2D eigenvalue weighted by atomic mass is 10.3. The SMILES string of the molecule is COC(=O)CN1CCCOC(C)C1. The number of methoxy groups -OCH3 is 1. The van der Waals surface area contributed by atoms with Crippen LogP contribution >= 0.6 is 0 Å². The molecule has 4 nitrogen and oxygen atoms in total. The number of hydrogen-bond donors (Lipinski definition) is 0. The Morgan fingerprint density at radius 3 is 3.15 bits per heavy atom. The van der Waals surface area contributed by atoms with Crippen molar-refractivity contribution in [2.45, 2.75) is 19.4 Å². The van der Waals surface area contributed by atoms with Crippen molar-refractivity contribution in [2.24, 2.45) is 0 Å². The van der Waals surface area contributed by atoms with Crippen LogP contribution in [0.1, 0.15) is 13.3 Å². The second kappa shape index (κ2) is 5.19. The second-order valence-electron chi connectivity index (χ2n) is 3.35. The third-order valence-electron chi connectivity index (χ3n) is 2.12. The highest BCUT2D eigenvalue weighted by molar-refractivity contribution is 5.71. The van der Waals surface area contributed by atoms with Gasteiger partial charge in [-0.05, 0) is 13.3 Å². The predicted octanol–water partition coefficient (Wildman–Crippen LogP) is 0.270. The molecule has 1 atom stereocenters. The summed E-state index contributed by atoms with van der Waals surface area (Å²) < 4.78 is 10.1. The van der Waals surface area contributed by atoms with Gasteiger partial charge in [0.25, 0.3) is 0 Å². The average molecular weight is 187 g/mol. The molecule has 76 valence electrons. The highest BCUT2D eigenvalue weighted by atomic mass is 16.5. The first-order valence-corrected chi connectivity index (χ1v) is 4.63. The molecule has 4 heteroatoms. The number of carbonyl (C=O) groups excluding carboxylic acids is 1. The first kappa shape index (κ1) is 10.5. The summed E-state index contributed by atoms with van der Waals surface area (Å²) in [6, 6.07) is 0. The van der Waals surface area contributed by atoms with Gasteiger partial charge < -0.3 is 9.47 Å². The number of ether oxygens (including phenoxy) is 2. The normalized spacial score (nSPS) is 25.2. The van der Waals surface area contributed by atoms with E-state index in [9.17, 15) is 4.79 Å². The Morgan fingerprint density at radius 1 is 1.69 bits per heavy atom. The summed E-state index contributed by atoms with van der Waals surface area (Å²) in [6.45, 7) is 4.92. The van der Waals surface area contributed by atoms with Crippen molar-refractivity contribution >= 4 is 5.97 Å². The monoisotopic (exact) mass is 187 g/mol. The molecule has 1 heterocycles. The topological polar surface area (TPSA) is 38.8 Å². The largest absolute Gasteiger partial charge is 0.468 e. The number of esters is 1. The van der Waals surface area contributed by atoms with Gasteiger partial charge >= 0.3 is 5.97 Å². The minimum Gasteiger partial charge on any atom is -0.468 e. The first-order chi connectivity index (χ1) is 6.22. The molecule has 0 radical (unpaired) electrons. The highest BCUT2D eigenvalue weighted by Gasteiger charge is 2.17. The van der Waals surface area contributed by atoms with Crippen molar-refractivity contribution in [1.29, 1.82) is 0 Å². The van der Waals surface area contributed by atoms with Crippen LogP contribution in [0.15, 0.2) is 0 Å². The van der Waals surface area contributed by atoms with E-state index in [0.29, 0.717) is 6.54 Å². The van der Waals surface area contributed by atoms with E-state index in [-0.39, 0.29) is 12.1 Å². The number of nitrogens with zero attached hydrogens (tertiary/aromatic N) is 1. The van der Waals surface area contributed by atoms with Crippen LogP contribution < -0.4 is 0 Å². The molecule has 0 aliphatic carbocycles. The zero-order valence-corrected chi connectivity index (χ0v) is 8.28. The van der Waals surface area contributed by atoms with Gasteiger partial charge in [-0.25, -0.2) is 0 Å². The molecule has 13 heavy (non-hydrogen) atoms. The molecular formula is C9H17NO3. The van der Waals surface area contributed by atoms with Crippen LogP contribution in [0.4, 0.5) is 0 Å². The van der Waals surface area contributed by atoms with Crippen molar-refractivity contribution in [3.8, 4) is 0 Å². The Labute approximate surface area is 78.8 Å². The molecule has 1 saturated heterocycles. The summed E-state index contributed by atoms with van der Waals surface area (Å²) in [5, 5.41) is 0. The molecule has 0 aromatic heterocycles. The minimum atomic E-state index is -0.172. The fourth-order valence-electron chi connectivity index (χ4n) is 1.47. The van der Waals surface area contributed by atoms with Gasteiger partial charge in [0.2, 0.25) is 0 Å². The van der Waals surface area contributed by atoms with E-state index in [1.807, 2.05) is 6.92 Å². The van der Waals surface area contributed by atoms with Crippen LogP contribution in [0, 0.1) is 0 Å². The van der Waals surface area contributed by atoms with Gasteiger partial charge in [-0.15, -0.1) is 0 Å². The zero-order valence-electron chi connectivity index (χ0n) is 8.28. The van der Waals surface area contributed by atoms with Gasteiger partial charge in [-0.1, -0.05) is 0 Å². The fourth-order valence-corrected chi connectivity index (χ4v) is 1.47. The summed E-state index contributed by atoms with van der Waals surface area (Å²) in [4.78, 5) is 13.1. The summed E-state index contributed by atoms with van der Waals surface area (Å²) >= 11 is 0. The summed E-state index contributed by atoms with van der Waals surface area (Å²) in [5.74, 6) is -0.172. The quantitative estimate of drug-likeness (QED) is 0.582. The third-order valence-corrected chi connectivity index (χ3v) is 2.12. The molecule has 1 aliphatic rings. The first-order valence-electron chi connectivity index (χ1n) is 4.63. The lowest BCUT2D eigenvalue weighted by Crippen LogP contribution is -2.35. The molecular weight excluding hydrogens is 170 g/mol. The Bertz CT molecular complexity index is 172. The molecule has 1 unspecified atom stereocenters. The van der Waals surface area contributed by atoms with E-state index in [4.69, 9.17) is 4.74 Å². The molecule has 0 saturated carbocycles. The number of carbonyl (C=O) groups is 1. The Kier molecular flexibility index (Phi) is 4.18. The van der Waals surface area contributed by atoms with E-state index < -0.39 is 0 Å². The number of hydrogen-bond acceptors (Lipinski definition) is 4. The molecule has 0 bridgehead atoms. The van der Waals surface area contributed by atoms with E-state index in [0.717, 1.165) is 26.1 Å². The summed E-state index contributed by atoms with van der Waals surface area (Å²) in [7, 11) is 1.42. The van der Waals surface area contributed by atoms with E-state index in [1.165, 1.54) is 7.11 Å². The van der Waals surface area contributed by atoms with Crippen molar-refractivity contribution < 1.29 is 14.3 Å². The van der Waals surface area contributed by atoms with Gasteiger partial charge in [0, 0.05) is 19.7 Å². The second-order valence-corrected chi connectivity index (χ2v) is 3.35. The predicted molar refractivity (Wildman–Crippen MR) is 48.5 cm³/mol. The van der Waals surface area contributed by atoms with Gasteiger partial charge in [-0.2, -0.15) is 0 Å². The molecule has 0 N–H and O–H groups in total. The fraction of sp³-hybridized carbons (Fsp3) is 0.889. The maximum Gasteiger partial charge on any atom is 0.319 e. The molecule has 0 spiro atoms. The average Bonchev–Trinajstić information content (AvgIpc) is 2.30. The molecule has 0 aromatic rings. The molecule has 1 rings (SSSR count). The minimum absolute atomic E-state index is 0.172. The standard InChI is InChI=1S/C9H17NO3/c1-8-6-10(4-3-5-13-8)7-9(11)12-2/h8H,3-7H2,1-2H3. The van der Waals surface area contributed by atoms with Crippen LogP contribution in [0.5, 0.6) is 0 Å². The smallest absolute Gasteiger partial charge is 0.319 e. The molecule has 1 fully saturated rings. The van der Waals surface area contributed by atoms with Gasteiger partial charge in [-0.3, -0.25) is 9.69 Å². The Hall–Kier alpha value is -0.610. The maximum atomic E-state index is 11.0.